The van der Waals surface area contributed by atoms with Crippen molar-refractivity contribution in [1.29, 1.82) is 0 Å². The van der Waals surface area contributed by atoms with E-state index in [-0.39, 0.29) is 5.92 Å². The average molecular weight is 289 g/mol. The Labute approximate surface area is 125 Å². The molecule has 0 saturated carbocycles. The van der Waals surface area contributed by atoms with Crippen molar-refractivity contribution < 1.29 is 5.11 Å². The van der Waals surface area contributed by atoms with Gasteiger partial charge >= 0.3 is 0 Å². The zero-order valence-corrected chi connectivity index (χ0v) is 13.2. The van der Waals surface area contributed by atoms with Gasteiger partial charge in [0.1, 0.15) is 0 Å². The highest BCUT2D eigenvalue weighted by Crippen LogP contribution is 2.27. The maximum atomic E-state index is 10.4. The lowest BCUT2D eigenvalue weighted by Crippen LogP contribution is -2.29. The minimum Gasteiger partial charge on any atom is -0.388 e. The molecule has 108 valence electrons. The molecule has 3 unspecified atom stereocenters. The van der Waals surface area contributed by atoms with E-state index in [1.165, 1.54) is 4.88 Å². The average Bonchev–Trinajstić information content (AvgIpc) is 3.00. The van der Waals surface area contributed by atoms with Crippen molar-refractivity contribution in [2.75, 3.05) is 13.6 Å². The molecule has 0 fully saturated rings. The van der Waals surface area contributed by atoms with Gasteiger partial charge in [-0.2, -0.15) is 0 Å². The van der Waals surface area contributed by atoms with E-state index in [1.54, 1.807) is 11.3 Å². The summed E-state index contributed by atoms with van der Waals surface area (Å²) in [4.78, 5) is 3.68. The molecule has 2 aromatic rings. The predicted octanol–water partition coefficient (Wildman–Crippen LogP) is 4.11. The molecule has 0 aliphatic rings. The van der Waals surface area contributed by atoms with Crippen LogP contribution in [0.4, 0.5) is 0 Å². The second kappa shape index (κ2) is 7.02. The minimum atomic E-state index is -0.408. The number of nitrogens with zero attached hydrogens (tertiary/aromatic N) is 1. The van der Waals surface area contributed by atoms with E-state index in [1.807, 2.05) is 30.3 Å². The monoisotopic (exact) mass is 289 g/mol. The van der Waals surface area contributed by atoms with Crippen molar-refractivity contribution in [3.63, 3.8) is 0 Å². The first-order chi connectivity index (χ1) is 9.59. The molecule has 2 nitrogen and oxygen atoms in total. The lowest BCUT2D eigenvalue weighted by molar-refractivity contribution is 0.0860. The molecule has 3 atom stereocenters. The standard InChI is InChI=1S/C17H23NOS/c1-13(17(19)15-8-5-4-6-9-15)12-18(3)14(2)16-10-7-11-20-16/h4-11,13-14,17,19H,12H2,1-3H3. The summed E-state index contributed by atoms with van der Waals surface area (Å²) in [5.74, 6) is 0.199. The second-order valence-electron chi connectivity index (χ2n) is 5.46. The molecule has 0 aliphatic carbocycles. The maximum absolute atomic E-state index is 10.4. The van der Waals surface area contributed by atoms with Gasteiger partial charge in [-0.15, -0.1) is 11.3 Å². The number of aliphatic hydroxyl groups is 1. The first-order valence-corrected chi connectivity index (χ1v) is 7.94. The third-order valence-corrected chi connectivity index (χ3v) is 4.91. The maximum Gasteiger partial charge on any atom is 0.0827 e. The van der Waals surface area contributed by atoms with Crippen molar-refractivity contribution >= 4 is 11.3 Å². The molecule has 0 amide bonds. The molecular formula is C17H23NOS. The molecule has 1 N–H and O–H groups in total. The Bertz CT molecular complexity index is 497. The molecule has 0 bridgehead atoms. The lowest BCUT2D eigenvalue weighted by Gasteiger charge is -2.29. The fourth-order valence-corrected chi connectivity index (χ4v) is 3.29. The van der Waals surface area contributed by atoms with Gasteiger partial charge in [-0.25, -0.2) is 0 Å². The normalized spacial score (nSPS) is 16.1. The van der Waals surface area contributed by atoms with Crippen molar-refractivity contribution in [1.82, 2.24) is 4.90 Å². The van der Waals surface area contributed by atoms with Crippen LogP contribution in [0.25, 0.3) is 0 Å². The molecule has 1 aromatic heterocycles. The quantitative estimate of drug-likeness (QED) is 0.865. The Balaban J connectivity index is 1.95. The van der Waals surface area contributed by atoms with E-state index < -0.39 is 6.10 Å². The number of rotatable bonds is 6. The topological polar surface area (TPSA) is 23.5 Å². The highest BCUT2D eigenvalue weighted by atomic mass is 32.1. The van der Waals surface area contributed by atoms with Crippen molar-refractivity contribution in [2.45, 2.75) is 26.0 Å². The Morgan fingerprint density at radius 1 is 1.10 bits per heavy atom. The largest absolute Gasteiger partial charge is 0.388 e. The van der Waals surface area contributed by atoms with Gasteiger partial charge in [0.15, 0.2) is 0 Å². The fraction of sp³-hybridized carbons (Fsp3) is 0.412. The molecule has 0 radical (unpaired) electrons. The molecule has 0 saturated heterocycles. The third kappa shape index (κ3) is 3.69. The van der Waals surface area contributed by atoms with Gasteiger partial charge < -0.3 is 5.11 Å². The summed E-state index contributed by atoms with van der Waals surface area (Å²) in [7, 11) is 2.12. The SMILES string of the molecule is CC(CN(C)C(C)c1cccs1)C(O)c1ccccc1. The summed E-state index contributed by atoms with van der Waals surface area (Å²) in [5.41, 5.74) is 0.997. The zero-order valence-electron chi connectivity index (χ0n) is 12.4. The highest BCUT2D eigenvalue weighted by molar-refractivity contribution is 7.10. The van der Waals surface area contributed by atoms with Crippen LogP contribution in [-0.2, 0) is 0 Å². The van der Waals surface area contributed by atoms with Crippen molar-refractivity contribution in [2.24, 2.45) is 5.92 Å². The fourth-order valence-electron chi connectivity index (χ4n) is 2.44. The third-order valence-electron chi connectivity index (χ3n) is 3.87. The summed E-state index contributed by atoms with van der Waals surface area (Å²) in [5, 5.41) is 12.5. The summed E-state index contributed by atoms with van der Waals surface area (Å²) < 4.78 is 0. The lowest BCUT2D eigenvalue weighted by atomic mass is 9.96. The summed E-state index contributed by atoms with van der Waals surface area (Å²) in [6.07, 6.45) is -0.408. The number of thiophene rings is 1. The van der Waals surface area contributed by atoms with E-state index in [2.05, 4.69) is 43.3 Å². The second-order valence-corrected chi connectivity index (χ2v) is 6.44. The highest BCUT2D eigenvalue weighted by Gasteiger charge is 2.21. The first-order valence-electron chi connectivity index (χ1n) is 7.06. The number of hydrogen-bond donors (Lipinski definition) is 1. The molecule has 20 heavy (non-hydrogen) atoms. The van der Waals surface area contributed by atoms with Gasteiger partial charge in [-0.1, -0.05) is 43.3 Å². The van der Waals surface area contributed by atoms with Crippen LogP contribution in [0.2, 0.25) is 0 Å². The number of aliphatic hydroxyl groups excluding tert-OH is 1. The molecule has 0 spiro atoms. The van der Waals surface area contributed by atoms with Gasteiger partial charge in [-0.05, 0) is 36.9 Å². The van der Waals surface area contributed by atoms with Crippen LogP contribution in [0.15, 0.2) is 47.8 Å². The molecule has 0 aliphatic heterocycles. The van der Waals surface area contributed by atoms with Gasteiger partial charge in [0, 0.05) is 17.5 Å². The van der Waals surface area contributed by atoms with Crippen LogP contribution in [0.3, 0.4) is 0 Å². The molecule has 1 aromatic carbocycles. The van der Waals surface area contributed by atoms with E-state index in [9.17, 15) is 5.11 Å². The number of hydrogen-bond acceptors (Lipinski definition) is 3. The van der Waals surface area contributed by atoms with Gasteiger partial charge in [0.25, 0.3) is 0 Å². The zero-order chi connectivity index (χ0) is 14.5. The van der Waals surface area contributed by atoms with Crippen LogP contribution < -0.4 is 0 Å². The van der Waals surface area contributed by atoms with Crippen LogP contribution >= 0.6 is 11.3 Å². The van der Waals surface area contributed by atoms with Crippen LogP contribution in [0.5, 0.6) is 0 Å². The van der Waals surface area contributed by atoms with Gasteiger partial charge in [0.2, 0.25) is 0 Å². The Morgan fingerprint density at radius 2 is 1.80 bits per heavy atom. The van der Waals surface area contributed by atoms with Gasteiger partial charge in [0.05, 0.1) is 6.10 Å². The predicted molar refractivity (Wildman–Crippen MR) is 85.9 cm³/mol. The Morgan fingerprint density at radius 3 is 2.40 bits per heavy atom. The van der Waals surface area contributed by atoms with Gasteiger partial charge in [-0.3, -0.25) is 4.90 Å². The molecule has 1 heterocycles. The molecular weight excluding hydrogens is 266 g/mol. The first kappa shape index (κ1) is 15.2. The van der Waals surface area contributed by atoms with E-state index in [0.717, 1.165) is 12.1 Å². The minimum absolute atomic E-state index is 0.199. The smallest absolute Gasteiger partial charge is 0.0827 e. The van der Waals surface area contributed by atoms with Crippen molar-refractivity contribution in [3.05, 3.63) is 58.3 Å². The Kier molecular flexibility index (Phi) is 5.35. The van der Waals surface area contributed by atoms with E-state index in [4.69, 9.17) is 0 Å². The summed E-state index contributed by atoms with van der Waals surface area (Å²) in [6, 6.07) is 14.6. The van der Waals surface area contributed by atoms with Crippen molar-refractivity contribution in [3.8, 4) is 0 Å². The van der Waals surface area contributed by atoms with Crippen LogP contribution in [-0.4, -0.2) is 23.6 Å². The number of benzene rings is 1. The summed E-state index contributed by atoms with van der Waals surface area (Å²) in [6.45, 7) is 5.19. The molecule has 2 rings (SSSR count). The van der Waals surface area contributed by atoms with Crippen LogP contribution in [0, 0.1) is 5.92 Å². The summed E-state index contributed by atoms with van der Waals surface area (Å²) >= 11 is 1.79. The van der Waals surface area contributed by atoms with E-state index >= 15 is 0 Å². The van der Waals surface area contributed by atoms with E-state index in [0.29, 0.717) is 6.04 Å². The Hall–Kier alpha value is -1.16. The van der Waals surface area contributed by atoms with Crippen LogP contribution in [0.1, 0.15) is 36.4 Å². The molecule has 3 heteroatoms.